The highest BCUT2D eigenvalue weighted by atomic mass is 79.9. The van der Waals surface area contributed by atoms with E-state index in [0.717, 1.165) is 29.4 Å². The third-order valence-corrected chi connectivity index (χ3v) is 3.96. The van der Waals surface area contributed by atoms with Gasteiger partial charge < -0.3 is 5.32 Å². The average Bonchev–Trinajstić information content (AvgIpc) is 2.47. The highest BCUT2D eigenvalue weighted by Crippen LogP contribution is 2.27. The summed E-state index contributed by atoms with van der Waals surface area (Å²) >= 11 is 3.35. The standard InChI is InChI=1S/C15H15BrN4O/c16-11-6-8-17-13(9-11)20-15(21)19-12-5-1-3-10-4-2-7-18-14(10)12/h2,4,6-9,12H,1,3,5H2,(H2,17,19,20,21)/t12-/m1/s1. The summed E-state index contributed by atoms with van der Waals surface area (Å²) in [5.41, 5.74) is 2.19. The molecule has 1 atom stereocenters. The molecule has 5 nitrogen and oxygen atoms in total. The zero-order valence-corrected chi connectivity index (χ0v) is 12.9. The van der Waals surface area contributed by atoms with Crippen molar-refractivity contribution in [3.63, 3.8) is 0 Å². The lowest BCUT2D eigenvalue weighted by molar-refractivity contribution is 0.246. The summed E-state index contributed by atoms with van der Waals surface area (Å²) in [5.74, 6) is 0.513. The molecule has 0 aliphatic heterocycles. The number of hydrogen-bond donors (Lipinski definition) is 2. The van der Waals surface area contributed by atoms with Crippen LogP contribution in [-0.4, -0.2) is 16.0 Å². The van der Waals surface area contributed by atoms with Crippen molar-refractivity contribution >= 4 is 27.8 Å². The summed E-state index contributed by atoms with van der Waals surface area (Å²) in [4.78, 5) is 20.6. The van der Waals surface area contributed by atoms with Crippen LogP contribution >= 0.6 is 15.9 Å². The predicted molar refractivity (Wildman–Crippen MR) is 84.0 cm³/mol. The van der Waals surface area contributed by atoms with E-state index in [9.17, 15) is 4.79 Å². The van der Waals surface area contributed by atoms with E-state index in [2.05, 4.69) is 42.6 Å². The fourth-order valence-corrected chi connectivity index (χ4v) is 2.87. The molecule has 3 rings (SSSR count). The number of hydrogen-bond acceptors (Lipinski definition) is 3. The Hall–Kier alpha value is -1.95. The number of urea groups is 1. The third-order valence-electron chi connectivity index (χ3n) is 3.46. The molecular weight excluding hydrogens is 332 g/mol. The molecule has 2 N–H and O–H groups in total. The number of amides is 2. The number of fused-ring (bicyclic) bond motifs is 1. The van der Waals surface area contributed by atoms with Gasteiger partial charge in [-0.05, 0) is 43.0 Å². The largest absolute Gasteiger partial charge is 0.329 e. The number of pyridine rings is 2. The lowest BCUT2D eigenvalue weighted by atomic mass is 9.92. The highest BCUT2D eigenvalue weighted by molar-refractivity contribution is 9.10. The molecule has 1 aliphatic rings. The van der Waals surface area contributed by atoms with Gasteiger partial charge in [0.1, 0.15) is 5.82 Å². The minimum atomic E-state index is -0.260. The van der Waals surface area contributed by atoms with Crippen molar-refractivity contribution < 1.29 is 4.79 Å². The molecule has 0 bridgehead atoms. The van der Waals surface area contributed by atoms with Crippen LogP contribution in [0.3, 0.4) is 0 Å². The molecule has 1 aliphatic carbocycles. The van der Waals surface area contributed by atoms with Gasteiger partial charge in [-0.25, -0.2) is 9.78 Å². The second-order valence-corrected chi connectivity index (χ2v) is 5.87. The zero-order chi connectivity index (χ0) is 14.7. The van der Waals surface area contributed by atoms with E-state index in [0.29, 0.717) is 5.82 Å². The molecule has 0 aromatic carbocycles. The van der Waals surface area contributed by atoms with Crippen LogP contribution in [0.1, 0.15) is 30.1 Å². The first-order valence-corrected chi connectivity index (χ1v) is 7.64. The van der Waals surface area contributed by atoms with Gasteiger partial charge in [-0.2, -0.15) is 0 Å². The third kappa shape index (κ3) is 3.39. The molecule has 108 valence electrons. The van der Waals surface area contributed by atoms with Crippen LogP contribution in [0.2, 0.25) is 0 Å². The summed E-state index contributed by atoms with van der Waals surface area (Å²) < 4.78 is 0.873. The summed E-state index contributed by atoms with van der Waals surface area (Å²) in [6, 6.07) is 7.28. The first-order valence-electron chi connectivity index (χ1n) is 6.85. The molecule has 2 aromatic heterocycles. The molecule has 0 saturated carbocycles. The Bertz CT molecular complexity index is 662. The molecule has 0 fully saturated rings. The lowest BCUT2D eigenvalue weighted by Crippen LogP contribution is -2.35. The monoisotopic (exact) mass is 346 g/mol. The van der Waals surface area contributed by atoms with Crippen LogP contribution in [0.15, 0.2) is 41.1 Å². The number of aromatic nitrogens is 2. The summed E-state index contributed by atoms with van der Waals surface area (Å²) in [6.07, 6.45) is 6.39. The van der Waals surface area contributed by atoms with Gasteiger partial charge in [0.25, 0.3) is 0 Å². The van der Waals surface area contributed by atoms with Crippen LogP contribution in [0.25, 0.3) is 0 Å². The molecule has 2 aromatic rings. The first-order chi connectivity index (χ1) is 10.2. The maximum atomic E-state index is 12.1. The molecule has 2 amide bonds. The quantitative estimate of drug-likeness (QED) is 0.875. The number of nitrogens with one attached hydrogen (secondary N) is 2. The van der Waals surface area contributed by atoms with Crippen LogP contribution < -0.4 is 10.6 Å². The van der Waals surface area contributed by atoms with E-state index in [4.69, 9.17) is 0 Å². The summed E-state index contributed by atoms with van der Waals surface area (Å²) in [6.45, 7) is 0. The Labute approximate surface area is 131 Å². The number of anilines is 1. The number of halogens is 1. The van der Waals surface area contributed by atoms with Gasteiger partial charge in [0.15, 0.2) is 0 Å². The van der Waals surface area contributed by atoms with Crippen molar-refractivity contribution in [1.29, 1.82) is 0 Å². The van der Waals surface area contributed by atoms with Gasteiger partial charge >= 0.3 is 6.03 Å². The van der Waals surface area contributed by atoms with E-state index in [-0.39, 0.29) is 12.1 Å². The minimum absolute atomic E-state index is 0.0397. The van der Waals surface area contributed by atoms with Crippen molar-refractivity contribution in [2.24, 2.45) is 0 Å². The van der Waals surface area contributed by atoms with Gasteiger partial charge in [0.2, 0.25) is 0 Å². The molecule has 2 heterocycles. The normalized spacial score (nSPS) is 16.9. The van der Waals surface area contributed by atoms with Crippen LogP contribution in [0, 0.1) is 0 Å². The van der Waals surface area contributed by atoms with Crippen LogP contribution in [0.4, 0.5) is 10.6 Å². The van der Waals surface area contributed by atoms with Crippen molar-refractivity contribution in [2.75, 3.05) is 5.32 Å². The van der Waals surface area contributed by atoms with Crippen LogP contribution in [-0.2, 0) is 6.42 Å². The number of aryl methyl sites for hydroxylation is 1. The molecule has 0 saturated heterocycles. The average molecular weight is 347 g/mol. The van der Waals surface area contributed by atoms with E-state index < -0.39 is 0 Å². The minimum Gasteiger partial charge on any atom is -0.329 e. The SMILES string of the molecule is O=C(Nc1cc(Br)ccn1)N[C@@H]1CCCc2cccnc21. The van der Waals surface area contributed by atoms with E-state index >= 15 is 0 Å². The van der Waals surface area contributed by atoms with E-state index in [1.165, 1.54) is 5.56 Å². The van der Waals surface area contributed by atoms with E-state index in [1.54, 1.807) is 18.5 Å². The van der Waals surface area contributed by atoms with Gasteiger partial charge in [0.05, 0.1) is 11.7 Å². The first kappa shape index (κ1) is 14.0. The maximum absolute atomic E-state index is 12.1. The predicted octanol–water partition coefficient (Wildman–Crippen LogP) is 3.44. The Kier molecular flexibility index (Phi) is 4.15. The number of nitrogens with zero attached hydrogens (tertiary/aromatic N) is 2. The lowest BCUT2D eigenvalue weighted by Gasteiger charge is -2.25. The van der Waals surface area contributed by atoms with Gasteiger partial charge in [-0.3, -0.25) is 10.3 Å². The smallest absolute Gasteiger partial charge is 0.320 e. The van der Waals surface area contributed by atoms with Crippen molar-refractivity contribution in [1.82, 2.24) is 15.3 Å². The topological polar surface area (TPSA) is 66.9 Å². The van der Waals surface area contributed by atoms with Gasteiger partial charge in [-0.1, -0.05) is 22.0 Å². The van der Waals surface area contributed by atoms with Crippen molar-refractivity contribution in [2.45, 2.75) is 25.3 Å². The highest BCUT2D eigenvalue weighted by Gasteiger charge is 2.22. The van der Waals surface area contributed by atoms with Crippen molar-refractivity contribution in [3.8, 4) is 0 Å². The number of carbonyl (C=O) groups is 1. The molecule has 0 radical (unpaired) electrons. The molecular formula is C15H15BrN4O. The Morgan fingerprint density at radius 1 is 1.29 bits per heavy atom. The molecule has 6 heteroatoms. The molecule has 21 heavy (non-hydrogen) atoms. The van der Waals surface area contributed by atoms with Crippen LogP contribution in [0.5, 0.6) is 0 Å². The summed E-state index contributed by atoms with van der Waals surface area (Å²) in [5, 5.41) is 5.72. The summed E-state index contributed by atoms with van der Waals surface area (Å²) in [7, 11) is 0. The van der Waals surface area contributed by atoms with Gasteiger partial charge in [-0.15, -0.1) is 0 Å². The van der Waals surface area contributed by atoms with E-state index in [1.807, 2.05) is 12.1 Å². The molecule has 0 unspecified atom stereocenters. The Balaban J connectivity index is 1.68. The fourth-order valence-electron chi connectivity index (χ4n) is 2.53. The molecule has 0 spiro atoms. The fraction of sp³-hybridized carbons (Fsp3) is 0.267. The maximum Gasteiger partial charge on any atom is 0.320 e. The number of carbonyl (C=O) groups excluding carboxylic acids is 1. The van der Waals surface area contributed by atoms with Crippen molar-refractivity contribution in [3.05, 3.63) is 52.4 Å². The number of rotatable bonds is 2. The Morgan fingerprint density at radius 2 is 2.19 bits per heavy atom. The Morgan fingerprint density at radius 3 is 3.05 bits per heavy atom. The second kappa shape index (κ2) is 6.22. The van der Waals surface area contributed by atoms with Gasteiger partial charge in [0, 0.05) is 16.9 Å². The zero-order valence-electron chi connectivity index (χ0n) is 11.3. The second-order valence-electron chi connectivity index (χ2n) is 4.95.